The summed E-state index contributed by atoms with van der Waals surface area (Å²) in [6.07, 6.45) is 7.73. The molecule has 14 heavy (non-hydrogen) atoms. The molecule has 1 heterocycles. The second-order valence-corrected chi connectivity index (χ2v) is 3.90. The van der Waals surface area contributed by atoms with E-state index < -0.39 is 0 Å². The highest BCUT2D eigenvalue weighted by molar-refractivity contribution is 5.13. The van der Waals surface area contributed by atoms with Gasteiger partial charge in [-0.2, -0.15) is 10.2 Å². The maximum Gasteiger partial charge on any atom is 0.0544 e. The van der Waals surface area contributed by atoms with E-state index in [4.69, 9.17) is 0 Å². The topological polar surface area (TPSA) is 37.8 Å². The Bertz CT molecular complexity index is 269. The predicted octanol–water partition coefficient (Wildman–Crippen LogP) is 1.93. The van der Waals surface area contributed by atoms with Gasteiger partial charge in [-0.25, -0.2) is 0 Å². The fraction of sp³-hybridized carbons (Fsp3) is 0.636. The lowest BCUT2D eigenvalue weighted by Gasteiger charge is -2.34. The van der Waals surface area contributed by atoms with E-state index in [0.717, 1.165) is 12.5 Å². The first kappa shape index (κ1) is 9.59. The maximum atomic E-state index is 3.94. The molecule has 76 valence electrons. The van der Waals surface area contributed by atoms with Crippen LogP contribution in [0.3, 0.4) is 0 Å². The Kier molecular flexibility index (Phi) is 3.09. The minimum Gasteiger partial charge on any atom is -0.310 e. The minimum absolute atomic E-state index is 0.490. The average Bonchev–Trinajstić information content (AvgIpc) is 2.16. The van der Waals surface area contributed by atoms with Crippen LogP contribution in [0, 0.1) is 5.92 Å². The van der Waals surface area contributed by atoms with E-state index in [1.807, 2.05) is 6.20 Å². The molecule has 1 aromatic rings. The normalized spacial score (nSPS) is 18.9. The van der Waals surface area contributed by atoms with Crippen LogP contribution in [0.4, 0.5) is 0 Å². The molecule has 1 unspecified atom stereocenters. The van der Waals surface area contributed by atoms with Gasteiger partial charge in [-0.15, -0.1) is 0 Å². The van der Waals surface area contributed by atoms with Crippen LogP contribution >= 0.6 is 0 Å². The molecular weight excluding hydrogens is 174 g/mol. The van der Waals surface area contributed by atoms with E-state index in [2.05, 4.69) is 28.5 Å². The maximum absolute atomic E-state index is 3.94. The summed E-state index contributed by atoms with van der Waals surface area (Å²) in [6, 6.07) is 2.56. The van der Waals surface area contributed by atoms with Crippen molar-refractivity contribution in [1.29, 1.82) is 0 Å². The van der Waals surface area contributed by atoms with Crippen LogP contribution < -0.4 is 5.32 Å². The summed E-state index contributed by atoms with van der Waals surface area (Å²) in [5, 5.41) is 11.3. The van der Waals surface area contributed by atoms with E-state index in [9.17, 15) is 0 Å². The zero-order chi connectivity index (χ0) is 9.80. The van der Waals surface area contributed by atoms with Crippen LogP contribution in [0.15, 0.2) is 18.5 Å². The largest absolute Gasteiger partial charge is 0.310 e. The smallest absolute Gasteiger partial charge is 0.0544 e. The number of aromatic nitrogens is 2. The Labute approximate surface area is 84.9 Å². The first-order valence-electron chi connectivity index (χ1n) is 5.41. The van der Waals surface area contributed by atoms with Crippen molar-refractivity contribution < 1.29 is 0 Å². The van der Waals surface area contributed by atoms with E-state index in [0.29, 0.717) is 6.04 Å². The van der Waals surface area contributed by atoms with Crippen molar-refractivity contribution >= 4 is 0 Å². The number of hydrogen-bond donors (Lipinski definition) is 1. The Hall–Kier alpha value is -0.960. The molecule has 0 aliphatic heterocycles. The molecule has 0 amide bonds. The molecule has 1 atom stereocenters. The summed E-state index contributed by atoms with van der Waals surface area (Å²) in [6.45, 7) is 3.17. The fourth-order valence-electron chi connectivity index (χ4n) is 2.03. The SMILES string of the molecule is CCNC(c1ccnnc1)C1CCC1. The van der Waals surface area contributed by atoms with Gasteiger partial charge in [-0.3, -0.25) is 0 Å². The molecule has 1 fully saturated rings. The van der Waals surface area contributed by atoms with Crippen LogP contribution in [-0.4, -0.2) is 16.7 Å². The summed E-state index contributed by atoms with van der Waals surface area (Å²) in [7, 11) is 0. The number of rotatable bonds is 4. The highest BCUT2D eigenvalue weighted by Gasteiger charge is 2.27. The van der Waals surface area contributed by atoms with Crippen LogP contribution in [0.25, 0.3) is 0 Å². The van der Waals surface area contributed by atoms with Crippen molar-refractivity contribution in [3.8, 4) is 0 Å². The van der Waals surface area contributed by atoms with Gasteiger partial charge in [-0.1, -0.05) is 13.3 Å². The summed E-state index contributed by atoms with van der Waals surface area (Å²) in [5.41, 5.74) is 1.28. The Balaban J connectivity index is 2.09. The van der Waals surface area contributed by atoms with Gasteiger partial charge in [0.15, 0.2) is 0 Å². The highest BCUT2D eigenvalue weighted by atomic mass is 15.1. The number of nitrogens with zero attached hydrogens (tertiary/aromatic N) is 2. The van der Waals surface area contributed by atoms with E-state index >= 15 is 0 Å². The molecule has 2 rings (SSSR count). The molecular formula is C11H17N3. The molecule has 0 saturated heterocycles. The molecule has 1 aromatic heterocycles. The lowest BCUT2D eigenvalue weighted by molar-refractivity contribution is 0.232. The van der Waals surface area contributed by atoms with Gasteiger partial charge in [0, 0.05) is 12.2 Å². The number of nitrogens with one attached hydrogen (secondary N) is 1. The van der Waals surface area contributed by atoms with Crippen LogP contribution in [-0.2, 0) is 0 Å². The van der Waals surface area contributed by atoms with E-state index in [1.165, 1.54) is 24.8 Å². The molecule has 1 aliphatic carbocycles. The summed E-state index contributed by atoms with van der Waals surface area (Å²) in [5.74, 6) is 0.805. The first-order chi connectivity index (χ1) is 6.92. The van der Waals surface area contributed by atoms with Crippen molar-refractivity contribution in [2.45, 2.75) is 32.2 Å². The lowest BCUT2D eigenvalue weighted by atomic mass is 9.77. The average molecular weight is 191 g/mol. The van der Waals surface area contributed by atoms with Crippen molar-refractivity contribution in [1.82, 2.24) is 15.5 Å². The van der Waals surface area contributed by atoms with Gasteiger partial charge in [0.1, 0.15) is 0 Å². The Morgan fingerprint density at radius 1 is 1.50 bits per heavy atom. The Morgan fingerprint density at radius 2 is 2.36 bits per heavy atom. The summed E-state index contributed by atoms with van der Waals surface area (Å²) in [4.78, 5) is 0. The van der Waals surface area contributed by atoms with Crippen LogP contribution in [0.5, 0.6) is 0 Å². The van der Waals surface area contributed by atoms with Crippen molar-refractivity contribution in [3.63, 3.8) is 0 Å². The quantitative estimate of drug-likeness (QED) is 0.790. The highest BCUT2D eigenvalue weighted by Crippen LogP contribution is 2.37. The van der Waals surface area contributed by atoms with Crippen LogP contribution in [0.1, 0.15) is 37.8 Å². The Morgan fingerprint density at radius 3 is 2.86 bits per heavy atom. The molecule has 0 bridgehead atoms. The van der Waals surface area contributed by atoms with Gasteiger partial charge >= 0.3 is 0 Å². The molecule has 0 spiro atoms. The third kappa shape index (κ3) is 1.93. The molecule has 0 aromatic carbocycles. The van der Waals surface area contributed by atoms with Crippen LogP contribution in [0.2, 0.25) is 0 Å². The third-order valence-electron chi connectivity index (χ3n) is 3.01. The standard InChI is InChI=1S/C11H17N3/c1-2-12-11(9-4-3-5-9)10-6-7-13-14-8-10/h6-9,11-12H,2-5H2,1H3. The number of hydrogen-bond acceptors (Lipinski definition) is 3. The third-order valence-corrected chi connectivity index (χ3v) is 3.01. The van der Waals surface area contributed by atoms with Crippen molar-refractivity contribution in [2.24, 2.45) is 5.92 Å². The molecule has 1 N–H and O–H groups in total. The predicted molar refractivity (Wildman–Crippen MR) is 55.8 cm³/mol. The van der Waals surface area contributed by atoms with E-state index in [1.54, 1.807) is 6.20 Å². The zero-order valence-electron chi connectivity index (χ0n) is 8.61. The summed E-state index contributed by atoms with van der Waals surface area (Å²) >= 11 is 0. The fourth-order valence-corrected chi connectivity index (χ4v) is 2.03. The second-order valence-electron chi connectivity index (χ2n) is 3.90. The zero-order valence-corrected chi connectivity index (χ0v) is 8.61. The summed E-state index contributed by atoms with van der Waals surface area (Å²) < 4.78 is 0. The second kappa shape index (κ2) is 4.51. The lowest BCUT2D eigenvalue weighted by Crippen LogP contribution is -2.32. The molecule has 1 aliphatic rings. The minimum atomic E-state index is 0.490. The van der Waals surface area contributed by atoms with E-state index in [-0.39, 0.29) is 0 Å². The first-order valence-corrected chi connectivity index (χ1v) is 5.41. The molecule has 3 nitrogen and oxygen atoms in total. The molecule has 0 radical (unpaired) electrons. The van der Waals surface area contributed by atoms with Gasteiger partial charge in [0.2, 0.25) is 0 Å². The van der Waals surface area contributed by atoms with Gasteiger partial charge in [0.25, 0.3) is 0 Å². The molecule has 3 heteroatoms. The van der Waals surface area contributed by atoms with Crippen molar-refractivity contribution in [2.75, 3.05) is 6.54 Å². The monoisotopic (exact) mass is 191 g/mol. The van der Waals surface area contributed by atoms with Gasteiger partial charge < -0.3 is 5.32 Å². The molecule has 1 saturated carbocycles. The van der Waals surface area contributed by atoms with Crippen molar-refractivity contribution in [3.05, 3.63) is 24.0 Å². The van der Waals surface area contributed by atoms with Gasteiger partial charge in [0.05, 0.1) is 6.20 Å². The van der Waals surface area contributed by atoms with Gasteiger partial charge in [-0.05, 0) is 36.9 Å².